The average Bonchev–Trinajstić information content (AvgIpc) is 2.83. The Morgan fingerprint density at radius 1 is 0.935 bits per heavy atom. The van der Waals surface area contributed by atoms with E-state index in [0.717, 1.165) is 70.2 Å². The lowest BCUT2D eigenvalue weighted by molar-refractivity contribution is -0.125. The molecule has 1 N–H and O–H groups in total. The number of carbonyl (C=O) groups excluding carboxylic acids is 1. The molecule has 3 saturated heterocycles. The molecule has 0 aromatic carbocycles. The number of rotatable bonds is 7. The van der Waals surface area contributed by atoms with Crippen LogP contribution < -0.4 is 15.1 Å². The molecule has 4 rings (SSSR count). The van der Waals surface area contributed by atoms with E-state index in [1.54, 1.807) is 0 Å². The maximum Gasteiger partial charge on any atom is 0.225 e. The summed E-state index contributed by atoms with van der Waals surface area (Å²) in [6.45, 7) is 9.38. The maximum atomic E-state index is 12.6. The summed E-state index contributed by atoms with van der Waals surface area (Å²) in [6, 6.07) is 0.701. The van der Waals surface area contributed by atoms with Crippen molar-refractivity contribution < 1.29 is 4.79 Å². The van der Waals surface area contributed by atoms with Gasteiger partial charge in [-0.05, 0) is 64.8 Å². The quantitative estimate of drug-likeness (QED) is 0.674. The van der Waals surface area contributed by atoms with Crippen molar-refractivity contribution in [1.29, 1.82) is 0 Å². The number of carbonyl (C=O) groups is 1. The minimum absolute atomic E-state index is 0.138. The van der Waals surface area contributed by atoms with E-state index in [1.165, 1.54) is 45.1 Å². The minimum atomic E-state index is 0.138. The fourth-order valence-electron chi connectivity index (χ4n) is 5.26. The third-order valence-electron chi connectivity index (χ3n) is 7.36. The highest BCUT2D eigenvalue weighted by Crippen LogP contribution is 2.24. The summed E-state index contributed by atoms with van der Waals surface area (Å²) < 4.78 is 0. The molecule has 172 valence electrons. The van der Waals surface area contributed by atoms with Crippen molar-refractivity contribution >= 4 is 17.5 Å². The lowest BCUT2D eigenvalue weighted by Gasteiger charge is -2.34. The Morgan fingerprint density at radius 3 is 2.35 bits per heavy atom. The second-order valence-electron chi connectivity index (χ2n) is 9.58. The van der Waals surface area contributed by atoms with E-state index < -0.39 is 0 Å². The average molecular weight is 429 g/mol. The first-order valence-corrected chi connectivity index (χ1v) is 12.5. The number of hydrogen-bond donors (Lipinski definition) is 1. The van der Waals surface area contributed by atoms with Crippen molar-refractivity contribution in [3.8, 4) is 0 Å². The molecule has 3 fully saturated rings. The summed E-state index contributed by atoms with van der Waals surface area (Å²) in [5.74, 6) is 1.23. The van der Waals surface area contributed by atoms with Crippen LogP contribution in [0.25, 0.3) is 0 Å². The zero-order valence-corrected chi connectivity index (χ0v) is 19.3. The molecule has 0 saturated carbocycles. The second kappa shape index (κ2) is 11.1. The van der Waals surface area contributed by atoms with Crippen LogP contribution in [0.2, 0.25) is 0 Å². The lowest BCUT2D eigenvalue weighted by Crippen LogP contribution is -2.42. The highest BCUT2D eigenvalue weighted by Gasteiger charge is 2.25. The Kier molecular flexibility index (Phi) is 8.00. The van der Waals surface area contributed by atoms with Gasteiger partial charge in [0.1, 0.15) is 0 Å². The Bertz CT molecular complexity index is 682. The smallest absolute Gasteiger partial charge is 0.225 e. The first-order valence-electron chi connectivity index (χ1n) is 12.5. The van der Waals surface area contributed by atoms with Gasteiger partial charge in [-0.2, -0.15) is 0 Å². The fraction of sp³-hybridized carbons (Fsp3) is 0.792. The van der Waals surface area contributed by atoms with Gasteiger partial charge in [0.05, 0.1) is 18.1 Å². The van der Waals surface area contributed by atoms with Gasteiger partial charge in [0.15, 0.2) is 0 Å². The molecule has 1 aromatic rings. The van der Waals surface area contributed by atoms with Gasteiger partial charge in [-0.3, -0.25) is 4.79 Å². The standard InChI is InChI=1S/C24H40N6O/c1-20-8-3-6-12-28(20)15-7-11-25-23(31)21-9-16-29(17-10-21)22-18-26-24(27-19-22)30-13-4-2-5-14-30/h18-21H,2-17H2,1H3,(H,25,31). The molecule has 0 spiro atoms. The van der Waals surface area contributed by atoms with Crippen molar-refractivity contribution in [3.05, 3.63) is 12.4 Å². The van der Waals surface area contributed by atoms with E-state index in [0.29, 0.717) is 6.04 Å². The number of amides is 1. The van der Waals surface area contributed by atoms with Gasteiger partial charge in [0.25, 0.3) is 0 Å². The molecule has 7 nitrogen and oxygen atoms in total. The number of hydrogen-bond acceptors (Lipinski definition) is 6. The number of nitrogens with one attached hydrogen (secondary N) is 1. The summed E-state index contributed by atoms with van der Waals surface area (Å²) in [6.07, 6.45) is 14.6. The molecule has 1 amide bonds. The van der Waals surface area contributed by atoms with Crippen molar-refractivity contribution in [2.24, 2.45) is 5.92 Å². The van der Waals surface area contributed by atoms with E-state index in [-0.39, 0.29) is 11.8 Å². The zero-order chi connectivity index (χ0) is 21.5. The Labute approximate surface area is 187 Å². The van der Waals surface area contributed by atoms with Gasteiger partial charge in [0.2, 0.25) is 11.9 Å². The summed E-state index contributed by atoms with van der Waals surface area (Å²) in [5.41, 5.74) is 1.08. The minimum Gasteiger partial charge on any atom is -0.369 e. The SMILES string of the molecule is CC1CCCCN1CCCNC(=O)C1CCN(c2cnc(N3CCCCC3)nc2)CC1. The summed E-state index contributed by atoms with van der Waals surface area (Å²) in [5, 5.41) is 3.19. The molecule has 1 aromatic heterocycles. The number of likely N-dealkylation sites (tertiary alicyclic amines) is 1. The molecule has 3 aliphatic heterocycles. The molecule has 4 heterocycles. The van der Waals surface area contributed by atoms with Crippen LogP contribution in [0.1, 0.15) is 64.7 Å². The summed E-state index contributed by atoms with van der Waals surface area (Å²) in [4.78, 5) is 29.0. The van der Waals surface area contributed by atoms with Crippen molar-refractivity contribution in [2.75, 3.05) is 55.6 Å². The Morgan fingerprint density at radius 2 is 1.65 bits per heavy atom. The van der Waals surface area contributed by atoms with E-state index in [2.05, 4.69) is 36.9 Å². The number of anilines is 2. The van der Waals surface area contributed by atoms with Crippen LogP contribution in [0, 0.1) is 5.92 Å². The van der Waals surface area contributed by atoms with E-state index in [9.17, 15) is 4.79 Å². The van der Waals surface area contributed by atoms with Gasteiger partial charge in [-0.25, -0.2) is 9.97 Å². The van der Waals surface area contributed by atoms with Crippen LogP contribution >= 0.6 is 0 Å². The molecule has 0 radical (unpaired) electrons. The van der Waals surface area contributed by atoms with Crippen molar-refractivity contribution in [1.82, 2.24) is 20.2 Å². The molecular formula is C24H40N6O. The van der Waals surface area contributed by atoms with Gasteiger partial charge in [-0.15, -0.1) is 0 Å². The first kappa shape index (κ1) is 22.3. The summed E-state index contributed by atoms with van der Waals surface area (Å²) in [7, 11) is 0. The van der Waals surface area contributed by atoms with E-state index in [1.807, 2.05) is 12.4 Å². The van der Waals surface area contributed by atoms with Gasteiger partial charge >= 0.3 is 0 Å². The van der Waals surface area contributed by atoms with Crippen LogP contribution in [0.4, 0.5) is 11.6 Å². The Balaban J connectivity index is 1.15. The van der Waals surface area contributed by atoms with Crippen LogP contribution in [0.3, 0.4) is 0 Å². The molecular weight excluding hydrogens is 388 g/mol. The van der Waals surface area contributed by atoms with Crippen LogP contribution in [-0.4, -0.2) is 72.6 Å². The predicted molar refractivity (Wildman–Crippen MR) is 126 cm³/mol. The highest BCUT2D eigenvalue weighted by atomic mass is 16.1. The monoisotopic (exact) mass is 428 g/mol. The molecule has 1 unspecified atom stereocenters. The largest absolute Gasteiger partial charge is 0.369 e. The summed E-state index contributed by atoms with van der Waals surface area (Å²) >= 11 is 0. The topological polar surface area (TPSA) is 64.6 Å². The Hall–Kier alpha value is -1.89. The van der Waals surface area contributed by atoms with Crippen LogP contribution in [0.15, 0.2) is 12.4 Å². The molecule has 0 bridgehead atoms. The van der Waals surface area contributed by atoms with Gasteiger partial charge in [0, 0.05) is 51.2 Å². The highest BCUT2D eigenvalue weighted by molar-refractivity contribution is 5.78. The fourth-order valence-corrected chi connectivity index (χ4v) is 5.26. The number of nitrogens with zero attached hydrogens (tertiary/aromatic N) is 5. The van der Waals surface area contributed by atoms with Gasteiger partial charge in [-0.1, -0.05) is 6.42 Å². The molecule has 31 heavy (non-hydrogen) atoms. The van der Waals surface area contributed by atoms with Crippen molar-refractivity contribution in [2.45, 2.75) is 70.8 Å². The molecule has 3 aliphatic rings. The lowest BCUT2D eigenvalue weighted by atomic mass is 9.95. The van der Waals surface area contributed by atoms with E-state index in [4.69, 9.17) is 0 Å². The van der Waals surface area contributed by atoms with Crippen LogP contribution in [0.5, 0.6) is 0 Å². The predicted octanol–water partition coefficient (Wildman–Crippen LogP) is 3.06. The normalized spacial score (nSPS) is 23.7. The molecule has 1 atom stereocenters. The zero-order valence-electron chi connectivity index (χ0n) is 19.3. The number of piperidine rings is 3. The third kappa shape index (κ3) is 6.09. The van der Waals surface area contributed by atoms with Gasteiger partial charge < -0.3 is 20.0 Å². The number of aromatic nitrogens is 2. The van der Waals surface area contributed by atoms with Crippen molar-refractivity contribution in [3.63, 3.8) is 0 Å². The van der Waals surface area contributed by atoms with E-state index >= 15 is 0 Å². The third-order valence-corrected chi connectivity index (χ3v) is 7.36. The second-order valence-corrected chi connectivity index (χ2v) is 9.58. The maximum absolute atomic E-state index is 12.6. The first-order chi connectivity index (χ1) is 15.2. The molecule has 0 aliphatic carbocycles. The van der Waals surface area contributed by atoms with Crippen LogP contribution in [-0.2, 0) is 4.79 Å². The molecule has 7 heteroatoms.